The first-order valence-corrected chi connectivity index (χ1v) is 8.63. The fourth-order valence-electron chi connectivity index (χ4n) is 2.99. The highest BCUT2D eigenvalue weighted by molar-refractivity contribution is 7.10. The number of ether oxygens (including phenoxy) is 1. The summed E-state index contributed by atoms with van der Waals surface area (Å²) in [5, 5.41) is 13.7. The van der Waals surface area contributed by atoms with Crippen LogP contribution in [0.4, 0.5) is 0 Å². The minimum Gasteiger partial charge on any atom is -0.481 e. The number of hydrogen-bond acceptors (Lipinski definition) is 5. The Morgan fingerprint density at radius 2 is 2.25 bits per heavy atom. The summed E-state index contributed by atoms with van der Waals surface area (Å²) >= 11 is 1.47. The second-order valence-corrected chi connectivity index (χ2v) is 6.84. The van der Waals surface area contributed by atoms with Crippen LogP contribution < -0.4 is 5.32 Å². The van der Waals surface area contributed by atoms with E-state index < -0.39 is 12.0 Å². The van der Waals surface area contributed by atoms with Crippen LogP contribution in [-0.2, 0) is 19.1 Å². The first kappa shape index (κ1) is 18.4. The SMILES string of the molecule is COC1CC(CC(=O)O)N(C(=O)CC(NC(C)=O)c2cccs2)C1. The van der Waals surface area contributed by atoms with E-state index in [2.05, 4.69) is 5.32 Å². The molecule has 7 nitrogen and oxygen atoms in total. The summed E-state index contributed by atoms with van der Waals surface area (Å²) in [5.74, 6) is -1.32. The Balaban J connectivity index is 2.09. The highest BCUT2D eigenvalue weighted by atomic mass is 32.1. The van der Waals surface area contributed by atoms with Crippen molar-refractivity contribution in [2.45, 2.75) is 44.4 Å². The van der Waals surface area contributed by atoms with Gasteiger partial charge in [-0.2, -0.15) is 0 Å². The van der Waals surface area contributed by atoms with Gasteiger partial charge in [0.05, 0.1) is 25.0 Å². The Kier molecular flexibility index (Phi) is 6.33. The smallest absolute Gasteiger partial charge is 0.305 e. The van der Waals surface area contributed by atoms with E-state index in [0.29, 0.717) is 13.0 Å². The maximum absolute atomic E-state index is 12.7. The first-order valence-electron chi connectivity index (χ1n) is 7.75. The summed E-state index contributed by atoms with van der Waals surface area (Å²) in [6.07, 6.45) is 0.361. The standard InChI is InChI=1S/C16H22N2O5S/c1-10(19)17-13(14-4-3-5-24-14)8-15(20)18-9-12(23-2)6-11(18)7-16(21)22/h3-5,11-13H,6-9H2,1-2H3,(H,17,19)(H,21,22). The van der Waals surface area contributed by atoms with Gasteiger partial charge in [-0.05, 0) is 17.9 Å². The molecular formula is C16H22N2O5S. The zero-order valence-electron chi connectivity index (χ0n) is 13.7. The van der Waals surface area contributed by atoms with Crippen molar-refractivity contribution in [3.63, 3.8) is 0 Å². The zero-order chi connectivity index (χ0) is 17.7. The number of hydrogen-bond donors (Lipinski definition) is 2. The Hall–Kier alpha value is -1.93. The van der Waals surface area contributed by atoms with E-state index in [1.54, 1.807) is 12.0 Å². The van der Waals surface area contributed by atoms with Gasteiger partial charge in [-0.15, -0.1) is 11.3 Å². The number of carbonyl (C=O) groups is 3. The number of methoxy groups -OCH3 is 1. The lowest BCUT2D eigenvalue weighted by Gasteiger charge is -2.25. The molecule has 1 aromatic rings. The molecule has 3 unspecified atom stereocenters. The van der Waals surface area contributed by atoms with Crippen molar-refractivity contribution < 1.29 is 24.2 Å². The van der Waals surface area contributed by atoms with Crippen LogP contribution in [0, 0.1) is 0 Å². The molecule has 1 aliphatic heterocycles. The molecule has 3 atom stereocenters. The highest BCUT2D eigenvalue weighted by Crippen LogP contribution is 2.27. The van der Waals surface area contributed by atoms with E-state index in [1.165, 1.54) is 18.3 Å². The molecule has 2 heterocycles. The number of likely N-dealkylation sites (tertiary alicyclic amines) is 1. The molecule has 2 amide bonds. The average Bonchev–Trinajstić information content (AvgIpc) is 3.14. The molecule has 2 N–H and O–H groups in total. The van der Waals surface area contributed by atoms with Crippen LogP contribution in [0.3, 0.4) is 0 Å². The summed E-state index contributed by atoms with van der Waals surface area (Å²) < 4.78 is 5.29. The predicted octanol–water partition coefficient (Wildman–Crippen LogP) is 1.41. The molecule has 0 spiro atoms. The molecule has 24 heavy (non-hydrogen) atoms. The van der Waals surface area contributed by atoms with Gasteiger partial charge in [0.1, 0.15) is 0 Å². The number of aliphatic carboxylic acids is 1. The quantitative estimate of drug-likeness (QED) is 0.772. The lowest BCUT2D eigenvalue weighted by atomic mass is 10.1. The minimum atomic E-state index is -0.939. The van der Waals surface area contributed by atoms with E-state index in [4.69, 9.17) is 9.84 Å². The summed E-state index contributed by atoms with van der Waals surface area (Å²) in [7, 11) is 1.56. The third-order valence-corrected chi connectivity index (χ3v) is 5.07. The van der Waals surface area contributed by atoms with Crippen molar-refractivity contribution in [2.75, 3.05) is 13.7 Å². The molecule has 132 valence electrons. The molecule has 0 radical (unpaired) electrons. The zero-order valence-corrected chi connectivity index (χ0v) is 14.5. The second kappa shape index (κ2) is 8.25. The molecule has 1 aliphatic rings. The number of rotatable bonds is 7. The summed E-state index contributed by atoms with van der Waals surface area (Å²) in [6, 6.07) is 2.96. The molecule has 1 fully saturated rings. The molecule has 8 heteroatoms. The van der Waals surface area contributed by atoms with Gasteiger partial charge in [0.25, 0.3) is 0 Å². The Morgan fingerprint density at radius 3 is 2.79 bits per heavy atom. The van der Waals surface area contributed by atoms with Gasteiger partial charge in [-0.25, -0.2) is 0 Å². The first-order chi connectivity index (χ1) is 11.4. The van der Waals surface area contributed by atoms with Gasteiger partial charge in [0, 0.05) is 31.5 Å². The van der Waals surface area contributed by atoms with Crippen LogP contribution >= 0.6 is 11.3 Å². The molecule has 1 aromatic heterocycles. The Bertz CT molecular complexity index is 589. The van der Waals surface area contributed by atoms with E-state index in [1.807, 2.05) is 17.5 Å². The third-order valence-electron chi connectivity index (χ3n) is 4.08. The number of carbonyl (C=O) groups excluding carboxylic acids is 2. The van der Waals surface area contributed by atoms with Crippen LogP contribution in [0.1, 0.15) is 37.1 Å². The number of carboxylic acids is 1. The van der Waals surface area contributed by atoms with Gasteiger partial charge in [-0.1, -0.05) is 6.07 Å². The van der Waals surface area contributed by atoms with Crippen LogP contribution in [0.5, 0.6) is 0 Å². The van der Waals surface area contributed by atoms with Crippen LogP contribution in [0.25, 0.3) is 0 Å². The lowest BCUT2D eigenvalue weighted by molar-refractivity contribution is -0.140. The Labute approximate surface area is 144 Å². The van der Waals surface area contributed by atoms with Gasteiger partial charge in [-0.3, -0.25) is 14.4 Å². The molecule has 0 bridgehead atoms. The third kappa shape index (κ3) is 4.78. The number of nitrogens with one attached hydrogen (secondary N) is 1. The van der Waals surface area contributed by atoms with Gasteiger partial charge < -0.3 is 20.1 Å². The van der Waals surface area contributed by atoms with Gasteiger partial charge in [0.2, 0.25) is 11.8 Å². The molecule has 0 aromatic carbocycles. The lowest BCUT2D eigenvalue weighted by Crippen LogP contribution is -2.39. The Morgan fingerprint density at radius 1 is 1.50 bits per heavy atom. The fourth-order valence-corrected chi connectivity index (χ4v) is 3.77. The maximum Gasteiger partial charge on any atom is 0.305 e. The van der Waals surface area contributed by atoms with Crippen molar-refractivity contribution >= 4 is 29.1 Å². The van der Waals surface area contributed by atoms with Gasteiger partial charge >= 0.3 is 5.97 Å². The summed E-state index contributed by atoms with van der Waals surface area (Å²) in [4.78, 5) is 37.7. The second-order valence-electron chi connectivity index (χ2n) is 5.86. The number of amides is 2. The molecular weight excluding hydrogens is 332 g/mol. The normalized spacial score (nSPS) is 21.5. The number of thiophene rings is 1. The van der Waals surface area contributed by atoms with Crippen LogP contribution in [0.2, 0.25) is 0 Å². The van der Waals surface area contributed by atoms with Crippen molar-refractivity contribution in [2.24, 2.45) is 0 Å². The van der Waals surface area contributed by atoms with Crippen molar-refractivity contribution in [3.05, 3.63) is 22.4 Å². The highest BCUT2D eigenvalue weighted by Gasteiger charge is 2.37. The van der Waals surface area contributed by atoms with E-state index in [0.717, 1.165) is 4.88 Å². The molecule has 0 saturated carbocycles. The molecule has 1 saturated heterocycles. The van der Waals surface area contributed by atoms with Gasteiger partial charge in [0.15, 0.2) is 0 Å². The van der Waals surface area contributed by atoms with Crippen molar-refractivity contribution in [3.8, 4) is 0 Å². The number of carboxylic acid groups (broad SMARTS) is 1. The number of nitrogens with zero attached hydrogens (tertiary/aromatic N) is 1. The summed E-state index contributed by atoms with van der Waals surface area (Å²) in [6.45, 7) is 1.79. The van der Waals surface area contributed by atoms with E-state index >= 15 is 0 Å². The van der Waals surface area contributed by atoms with E-state index in [9.17, 15) is 14.4 Å². The minimum absolute atomic E-state index is 0.102. The monoisotopic (exact) mass is 354 g/mol. The largest absolute Gasteiger partial charge is 0.481 e. The van der Waals surface area contributed by atoms with Crippen LogP contribution in [-0.4, -0.2) is 53.6 Å². The average molecular weight is 354 g/mol. The van der Waals surface area contributed by atoms with Crippen molar-refractivity contribution in [1.29, 1.82) is 0 Å². The topological polar surface area (TPSA) is 95.9 Å². The fraction of sp³-hybridized carbons (Fsp3) is 0.562. The maximum atomic E-state index is 12.7. The molecule has 0 aliphatic carbocycles. The predicted molar refractivity (Wildman–Crippen MR) is 88.7 cm³/mol. The van der Waals surface area contributed by atoms with E-state index in [-0.39, 0.29) is 36.8 Å². The summed E-state index contributed by atoms with van der Waals surface area (Å²) in [5.41, 5.74) is 0. The molecule has 2 rings (SSSR count). The van der Waals surface area contributed by atoms with Crippen molar-refractivity contribution in [1.82, 2.24) is 10.2 Å². The van der Waals surface area contributed by atoms with Crippen LogP contribution in [0.15, 0.2) is 17.5 Å².